The van der Waals surface area contributed by atoms with E-state index >= 15 is 0 Å². The number of carbonyl (C=O) groups is 1. The fraction of sp³-hybridized carbons (Fsp3) is 0.348. The lowest BCUT2D eigenvalue weighted by atomic mass is 10.1. The summed E-state index contributed by atoms with van der Waals surface area (Å²) in [6.07, 6.45) is 1.61. The van der Waals surface area contributed by atoms with Crippen molar-refractivity contribution in [3.05, 3.63) is 65.5 Å². The van der Waals surface area contributed by atoms with E-state index in [1.54, 1.807) is 0 Å². The van der Waals surface area contributed by atoms with Crippen molar-refractivity contribution in [3.8, 4) is 5.75 Å². The number of carbonyl (C=O) groups excluding carboxylic acids is 1. The van der Waals surface area contributed by atoms with Gasteiger partial charge in [0.25, 0.3) is 0 Å². The number of rotatable bonds is 9. The van der Waals surface area contributed by atoms with Gasteiger partial charge in [-0.2, -0.15) is 0 Å². The lowest BCUT2D eigenvalue weighted by molar-refractivity contribution is -0.113. The highest BCUT2D eigenvalue weighted by atomic mass is 32.2. The number of benzene rings is 2. The molecule has 1 aromatic heterocycles. The van der Waals surface area contributed by atoms with Gasteiger partial charge in [-0.25, -0.2) is 0 Å². The van der Waals surface area contributed by atoms with E-state index in [1.807, 2.05) is 54.9 Å². The Morgan fingerprint density at radius 2 is 1.83 bits per heavy atom. The van der Waals surface area contributed by atoms with Gasteiger partial charge in [0.1, 0.15) is 5.75 Å². The van der Waals surface area contributed by atoms with E-state index < -0.39 is 0 Å². The molecular formula is C23H28N4O2S. The molecule has 30 heavy (non-hydrogen) atoms. The molecule has 7 heteroatoms. The van der Waals surface area contributed by atoms with Gasteiger partial charge in [0.2, 0.25) is 5.91 Å². The molecule has 0 saturated carbocycles. The highest BCUT2D eigenvalue weighted by molar-refractivity contribution is 7.99. The summed E-state index contributed by atoms with van der Waals surface area (Å²) in [4.78, 5) is 12.4. The van der Waals surface area contributed by atoms with Gasteiger partial charge in [-0.15, -0.1) is 10.2 Å². The van der Waals surface area contributed by atoms with Crippen LogP contribution < -0.4 is 10.1 Å². The van der Waals surface area contributed by atoms with Crippen LogP contribution >= 0.6 is 11.8 Å². The molecular weight excluding hydrogens is 396 g/mol. The highest BCUT2D eigenvalue weighted by Gasteiger charge is 2.18. The normalized spacial score (nSPS) is 11.9. The first-order valence-electron chi connectivity index (χ1n) is 10.2. The molecule has 0 saturated heterocycles. The Kier molecular flexibility index (Phi) is 7.52. The SMILES string of the molecule is CCc1ccc(O[C@@H](C)c2nnc(SCC(=O)Nc3ccccc3CC)n2C)cc1. The van der Waals surface area contributed by atoms with Crippen molar-refractivity contribution in [3.63, 3.8) is 0 Å². The zero-order chi connectivity index (χ0) is 21.5. The third-order valence-corrected chi connectivity index (χ3v) is 5.90. The zero-order valence-electron chi connectivity index (χ0n) is 17.9. The van der Waals surface area contributed by atoms with Crippen LogP contribution in [0.2, 0.25) is 0 Å². The number of nitrogens with one attached hydrogen (secondary N) is 1. The monoisotopic (exact) mass is 424 g/mol. The average molecular weight is 425 g/mol. The van der Waals surface area contributed by atoms with E-state index in [4.69, 9.17) is 4.74 Å². The van der Waals surface area contributed by atoms with Gasteiger partial charge in [-0.3, -0.25) is 4.79 Å². The predicted molar refractivity (Wildman–Crippen MR) is 121 cm³/mol. The van der Waals surface area contributed by atoms with Gasteiger partial charge in [0.05, 0.1) is 5.75 Å². The minimum absolute atomic E-state index is 0.0641. The van der Waals surface area contributed by atoms with Gasteiger partial charge in [-0.05, 0) is 49.1 Å². The Morgan fingerprint density at radius 3 is 2.53 bits per heavy atom. The molecule has 0 unspecified atom stereocenters. The Bertz CT molecular complexity index is 985. The number of amides is 1. The standard InChI is InChI=1S/C23H28N4O2S/c1-5-17-11-13-19(14-12-17)29-16(3)22-25-26-23(27(22)4)30-15-21(28)24-20-10-8-7-9-18(20)6-2/h7-14,16H,5-6,15H2,1-4H3,(H,24,28)/t16-/m0/s1. The van der Waals surface area contributed by atoms with Crippen molar-refractivity contribution >= 4 is 23.4 Å². The van der Waals surface area contributed by atoms with Crippen molar-refractivity contribution < 1.29 is 9.53 Å². The molecule has 6 nitrogen and oxygen atoms in total. The number of para-hydroxylation sites is 1. The fourth-order valence-electron chi connectivity index (χ4n) is 3.13. The molecule has 0 bridgehead atoms. The Hall–Kier alpha value is -2.80. The molecule has 1 amide bonds. The Balaban J connectivity index is 1.58. The summed E-state index contributed by atoms with van der Waals surface area (Å²) in [7, 11) is 1.89. The molecule has 0 spiro atoms. The summed E-state index contributed by atoms with van der Waals surface area (Å²) in [6.45, 7) is 6.14. The van der Waals surface area contributed by atoms with Crippen LogP contribution in [0.5, 0.6) is 5.75 Å². The number of hydrogen-bond acceptors (Lipinski definition) is 5. The lowest BCUT2D eigenvalue weighted by Gasteiger charge is -2.14. The fourth-order valence-corrected chi connectivity index (χ4v) is 3.85. The number of ether oxygens (including phenoxy) is 1. The topological polar surface area (TPSA) is 69.0 Å². The van der Waals surface area contributed by atoms with Crippen LogP contribution in [-0.4, -0.2) is 26.4 Å². The molecule has 158 valence electrons. The number of aryl methyl sites for hydroxylation is 2. The number of aromatic nitrogens is 3. The number of nitrogens with zero attached hydrogens (tertiary/aromatic N) is 3. The summed E-state index contributed by atoms with van der Waals surface area (Å²) in [5, 5.41) is 12.2. The van der Waals surface area contributed by atoms with Crippen molar-refractivity contribution in [1.82, 2.24) is 14.8 Å². The minimum atomic E-state index is -0.255. The molecule has 1 atom stereocenters. The van der Waals surface area contributed by atoms with Crippen LogP contribution in [0.4, 0.5) is 5.69 Å². The van der Waals surface area contributed by atoms with E-state index in [9.17, 15) is 4.79 Å². The summed E-state index contributed by atoms with van der Waals surface area (Å²) >= 11 is 1.36. The van der Waals surface area contributed by atoms with Gasteiger partial charge in [-0.1, -0.05) is 55.9 Å². The van der Waals surface area contributed by atoms with E-state index in [0.29, 0.717) is 11.0 Å². The number of anilines is 1. The quantitative estimate of drug-likeness (QED) is 0.499. The smallest absolute Gasteiger partial charge is 0.234 e. The first-order valence-corrected chi connectivity index (χ1v) is 11.2. The Morgan fingerprint density at radius 1 is 1.10 bits per heavy atom. The van der Waals surface area contributed by atoms with Crippen molar-refractivity contribution in [2.24, 2.45) is 7.05 Å². The van der Waals surface area contributed by atoms with Crippen LogP contribution in [0.25, 0.3) is 0 Å². The minimum Gasteiger partial charge on any atom is -0.483 e. The summed E-state index contributed by atoms with van der Waals surface area (Å²) in [5.41, 5.74) is 3.25. The van der Waals surface area contributed by atoms with Gasteiger partial charge in [0.15, 0.2) is 17.1 Å². The van der Waals surface area contributed by atoms with E-state index in [-0.39, 0.29) is 17.8 Å². The van der Waals surface area contributed by atoms with Crippen molar-refractivity contribution in [2.75, 3.05) is 11.1 Å². The highest BCUT2D eigenvalue weighted by Crippen LogP contribution is 2.24. The molecule has 0 fully saturated rings. The lowest BCUT2D eigenvalue weighted by Crippen LogP contribution is -2.16. The maximum atomic E-state index is 12.4. The zero-order valence-corrected chi connectivity index (χ0v) is 18.7. The average Bonchev–Trinajstić information content (AvgIpc) is 3.13. The number of thioether (sulfide) groups is 1. The third-order valence-electron chi connectivity index (χ3n) is 4.88. The molecule has 0 aliphatic rings. The van der Waals surface area contributed by atoms with Gasteiger partial charge >= 0.3 is 0 Å². The molecule has 3 rings (SSSR count). The second-order valence-electron chi connectivity index (χ2n) is 7.00. The molecule has 2 aromatic carbocycles. The second kappa shape index (κ2) is 10.3. The molecule has 1 N–H and O–H groups in total. The summed E-state index contributed by atoms with van der Waals surface area (Å²) < 4.78 is 7.89. The van der Waals surface area contributed by atoms with Gasteiger partial charge in [0, 0.05) is 12.7 Å². The van der Waals surface area contributed by atoms with Crippen molar-refractivity contribution in [2.45, 2.75) is 44.9 Å². The molecule has 3 aromatic rings. The molecule has 1 heterocycles. The summed E-state index contributed by atoms with van der Waals surface area (Å²) in [6, 6.07) is 15.9. The van der Waals surface area contributed by atoms with Crippen molar-refractivity contribution in [1.29, 1.82) is 0 Å². The predicted octanol–water partition coefficient (Wildman–Crippen LogP) is 4.81. The maximum Gasteiger partial charge on any atom is 0.234 e. The second-order valence-corrected chi connectivity index (χ2v) is 7.95. The largest absolute Gasteiger partial charge is 0.483 e. The van der Waals surface area contributed by atoms with E-state index in [0.717, 1.165) is 29.8 Å². The van der Waals surface area contributed by atoms with E-state index in [2.05, 4.69) is 41.5 Å². The van der Waals surface area contributed by atoms with Crippen LogP contribution in [-0.2, 0) is 24.7 Å². The van der Waals surface area contributed by atoms with Gasteiger partial charge < -0.3 is 14.6 Å². The van der Waals surface area contributed by atoms with Crippen LogP contribution in [0.15, 0.2) is 53.7 Å². The molecule has 0 aliphatic carbocycles. The Labute approximate surface area is 182 Å². The third kappa shape index (κ3) is 5.42. The van der Waals surface area contributed by atoms with Crippen LogP contribution in [0.1, 0.15) is 43.8 Å². The van der Waals surface area contributed by atoms with E-state index in [1.165, 1.54) is 17.3 Å². The maximum absolute atomic E-state index is 12.4. The first kappa shape index (κ1) is 21.9. The number of hydrogen-bond donors (Lipinski definition) is 1. The first-order chi connectivity index (χ1) is 14.5. The van der Waals surface area contributed by atoms with Crippen LogP contribution in [0, 0.1) is 0 Å². The molecule has 0 aliphatic heterocycles. The summed E-state index contributed by atoms with van der Waals surface area (Å²) in [5.74, 6) is 1.71. The molecule has 0 radical (unpaired) electrons. The van der Waals surface area contributed by atoms with Crippen LogP contribution in [0.3, 0.4) is 0 Å².